The summed E-state index contributed by atoms with van der Waals surface area (Å²) in [5.41, 5.74) is 18.2. The molecule has 4 heteroatoms. The van der Waals surface area contributed by atoms with Crippen LogP contribution in [0, 0.1) is 5.41 Å². The maximum Gasteiger partial charge on any atom is 0.0729 e. The van der Waals surface area contributed by atoms with Gasteiger partial charge in [-0.1, -0.05) is 0 Å². The standard InChI is InChI=1S/C6H12N4/c1-2-3(7)5(9)6(10)4(2)8/h3,5,10H,7-9H2,1H3/t3-,5-/m0/s1. The van der Waals surface area contributed by atoms with Gasteiger partial charge < -0.3 is 22.6 Å². The molecule has 2 atom stereocenters. The predicted octanol–water partition coefficient (Wildman–Crippen LogP) is -1.09. The molecule has 1 aliphatic rings. The minimum atomic E-state index is -0.403. The van der Waals surface area contributed by atoms with E-state index in [1.54, 1.807) is 6.92 Å². The molecule has 0 aromatic rings. The third-order valence-corrected chi connectivity index (χ3v) is 1.94. The van der Waals surface area contributed by atoms with E-state index in [0.29, 0.717) is 5.70 Å². The summed E-state index contributed by atoms with van der Waals surface area (Å²) in [7, 11) is 0. The van der Waals surface area contributed by atoms with E-state index < -0.39 is 6.04 Å². The average Bonchev–Trinajstić information content (AvgIpc) is 2.07. The Morgan fingerprint density at radius 2 is 1.80 bits per heavy atom. The molecule has 56 valence electrons. The van der Waals surface area contributed by atoms with Crippen molar-refractivity contribution in [3.05, 3.63) is 11.3 Å². The van der Waals surface area contributed by atoms with Crippen LogP contribution in [0.1, 0.15) is 6.92 Å². The first-order valence-electron chi connectivity index (χ1n) is 3.12. The van der Waals surface area contributed by atoms with Crippen molar-refractivity contribution in [1.82, 2.24) is 0 Å². The monoisotopic (exact) mass is 140 g/mol. The van der Waals surface area contributed by atoms with E-state index in [-0.39, 0.29) is 11.8 Å². The lowest BCUT2D eigenvalue weighted by molar-refractivity contribution is 0.721. The van der Waals surface area contributed by atoms with Crippen LogP contribution in [0.4, 0.5) is 0 Å². The second kappa shape index (κ2) is 2.07. The normalized spacial score (nSPS) is 33.7. The molecule has 0 heterocycles. The molecule has 0 radical (unpaired) electrons. The van der Waals surface area contributed by atoms with E-state index in [4.69, 9.17) is 22.6 Å². The molecule has 1 rings (SSSR count). The van der Waals surface area contributed by atoms with Crippen LogP contribution in [0.25, 0.3) is 0 Å². The summed E-state index contributed by atoms with van der Waals surface area (Å²) in [6, 6.07) is -0.660. The van der Waals surface area contributed by atoms with Gasteiger partial charge in [0, 0.05) is 6.04 Å². The zero-order chi connectivity index (χ0) is 7.89. The fourth-order valence-electron chi connectivity index (χ4n) is 1.02. The number of hydrogen-bond acceptors (Lipinski definition) is 4. The minimum absolute atomic E-state index is 0.257. The quantitative estimate of drug-likeness (QED) is 0.343. The Morgan fingerprint density at radius 3 is 1.90 bits per heavy atom. The highest BCUT2D eigenvalue weighted by atomic mass is 14.9. The van der Waals surface area contributed by atoms with E-state index in [1.807, 2.05) is 0 Å². The van der Waals surface area contributed by atoms with Crippen molar-refractivity contribution in [1.29, 1.82) is 5.41 Å². The smallest absolute Gasteiger partial charge is 0.0729 e. The highest BCUT2D eigenvalue weighted by Crippen LogP contribution is 2.16. The molecule has 0 spiro atoms. The molecule has 0 saturated heterocycles. The Morgan fingerprint density at radius 1 is 1.30 bits per heavy atom. The van der Waals surface area contributed by atoms with Crippen molar-refractivity contribution in [2.24, 2.45) is 17.2 Å². The van der Waals surface area contributed by atoms with Crippen LogP contribution in [0.15, 0.2) is 11.3 Å². The molecular formula is C6H12N4. The zero-order valence-corrected chi connectivity index (χ0v) is 5.89. The van der Waals surface area contributed by atoms with Crippen LogP contribution >= 0.6 is 0 Å². The van der Waals surface area contributed by atoms with Gasteiger partial charge in [-0.3, -0.25) is 0 Å². The van der Waals surface area contributed by atoms with Crippen LogP contribution in [0.3, 0.4) is 0 Å². The second-order valence-electron chi connectivity index (χ2n) is 2.56. The number of hydrogen-bond donors (Lipinski definition) is 4. The number of rotatable bonds is 0. The summed E-state index contributed by atoms with van der Waals surface area (Å²) in [6.45, 7) is 1.81. The van der Waals surface area contributed by atoms with Crippen LogP contribution in [-0.2, 0) is 0 Å². The van der Waals surface area contributed by atoms with Crippen molar-refractivity contribution >= 4 is 5.71 Å². The van der Waals surface area contributed by atoms with Crippen LogP contribution < -0.4 is 17.2 Å². The van der Waals surface area contributed by atoms with Crippen molar-refractivity contribution in [3.8, 4) is 0 Å². The lowest BCUT2D eigenvalue weighted by Crippen LogP contribution is -2.42. The first-order valence-corrected chi connectivity index (χ1v) is 3.12. The van der Waals surface area contributed by atoms with E-state index >= 15 is 0 Å². The third-order valence-electron chi connectivity index (χ3n) is 1.94. The Kier molecular flexibility index (Phi) is 1.50. The van der Waals surface area contributed by atoms with E-state index in [2.05, 4.69) is 0 Å². The summed E-state index contributed by atoms with van der Waals surface area (Å²) in [6.07, 6.45) is 0. The Bertz CT molecular complexity index is 206. The van der Waals surface area contributed by atoms with Crippen LogP contribution in [-0.4, -0.2) is 17.8 Å². The summed E-state index contributed by atoms with van der Waals surface area (Å²) in [5.74, 6) is 0. The summed E-state index contributed by atoms with van der Waals surface area (Å²) < 4.78 is 0. The molecule has 0 amide bonds. The van der Waals surface area contributed by atoms with Crippen LogP contribution in [0.5, 0.6) is 0 Å². The third kappa shape index (κ3) is 0.732. The zero-order valence-electron chi connectivity index (χ0n) is 5.89. The minimum Gasteiger partial charge on any atom is -0.397 e. The van der Waals surface area contributed by atoms with Crippen molar-refractivity contribution in [2.75, 3.05) is 0 Å². The highest BCUT2D eigenvalue weighted by Gasteiger charge is 2.30. The second-order valence-corrected chi connectivity index (χ2v) is 2.56. The molecule has 10 heavy (non-hydrogen) atoms. The summed E-state index contributed by atoms with van der Waals surface area (Å²) >= 11 is 0. The van der Waals surface area contributed by atoms with Gasteiger partial charge in [0.25, 0.3) is 0 Å². The SMILES string of the molecule is CC1=C(N)C(=N)[C@@H](N)[C@H]1N. The van der Waals surface area contributed by atoms with Gasteiger partial charge >= 0.3 is 0 Å². The average molecular weight is 140 g/mol. The van der Waals surface area contributed by atoms with Gasteiger partial charge in [-0.15, -0.1) is 0 Å². The van der Waals surface area contributed by atoms with Crippen molar-refractivity contribution < 1.29 is 0 Å². The van der Waals surface area contributed by atoms with E-state index in [0.717, 1.165) is 5.57 Å². The van der Waals surface area contributed by atoms with Gasteiger partial charge in [0.05, 0.1) is 17.5 Å². The molecule has 0 aliphatic heterocycles. The molecule has 0 fully saturated rings. The molecule has 1 aliphatic carbocycles. The molecule has 0 saturated carbocycles. The number of nitrogens with two attached hydrogens (primary N) is 3. The van der Waals surface area contributed by atoms with Gasteiger partial charge in [-0.2, -0.15) is 0 Å². The molecule has 0 aromatic heterocycles. The molecular weight excluding hydrogens is 128 g/mol. The van der Waals surface area contributed by atoms with Crippen LogP contribution in [0.2, 0.25) is 0 Å². The van der Waals surface area contributed by atoms with Gasteiger partial charge in [-0.05, 0) is 12.5 Å². The molecule has 0 aromatic carbocycles. The summed E-state index contributed by atoms with van der Waals surface area (Å²) in [5, 5.41) is 7.33. The fraction of sp³-hybridized carbons (Fsp3) is 0.500. The van der Waals surface area contributed by atoms with Gasteiger partial charge in [-0.25, -0.2) is 0 Å². The van der Waals surface area contributed by atoms with Gasteiger partial charge in [0.2, 0.25) is 0 Å². The maximum atomic E-state index is 7.33. The van der Waals surface area contributed by atoms with Gasteiger partial charge in [0.1, 0.15) is 0 Å². The van der Waals surface area contributed by atoms with Crippen molar-refractivity contribution in [2.45, 2.75) is 19.0 Å². The Labute approximate surface area is 59.6 Å². The van der Waals surface area contributed by atoms with E-state index in [9.17, 15) is 0 Å². The first-order chi connectivity index (χ1) is 4.55. The number of nitrogens with one attached hydrogen (secondary N) is 1. The molecule has 4 nitrogen and oxygen atoms in total. The first kappa shape index (κ1) is 7.24. The lowest BCUT2D eigenvalue weighted by atomic mass is 10.1. The molecule has 7 N–H and O–H groups in total. The lowest BCUT2D eigenvalue weighted by Gasteiger charge is -2.09. The Balaban J connectivity index is 2.99. The maximum absolute atomic E-state index is 7.33. The highest BCUT2D eigenvalue weighted by molar-refractivity contribution is 6.05. The molecule has 0 bridgehead atoms. The fourth-order valence-corrected chi connectivity index (χ4v) is 1.02. The topological polar surface area (TPSA) is 102 Å². The van der Waals surface area contributed by atoms with Gasteiger partial charge in [0.15, 0.2) is 0 Å². The molecule has 0 unspecified atom stereocenters. The predicted molar refractivity (Wildman–Crippen MR) is 40.6 cm³/mol. The van der Waals surface area contributed by atoms with E-state index in [1.165, 1.54) is 0 Å². The largest absolute Gasteiger partial charge is 0.397 e. The summed E-state index contributed by atoms with van der Waals surface area (Å²) in [4.78, 5) is 0. The Hall–Kier alpha value is -0.870. The van der Waals surface area contributed by atoms with Crippen molar-refractivity contribution in [3.63, 3.8) is 0 Å².